The highest BCUT2D eigenvalue weighted by atomic mass is 16.7. The first kappa shape index (κ1) is 14.8. The predicted molar refractivity (Wildman–Crippen MR) is 90.5 cm³/mol. The van der Waals surface area contributed by atoms with Gasteiger partial charge in [-0.2, -0.15) is 0 Å². The highest BCUT2D eigenvalue weighted by Crippen LogP contribution is 2.40. The minimum absolute atomic E-state index is 0.151. The molecule has 0 amide bonds. The Morgan fingerprint density at radius 1 is 1.04 bits per heavy atom. The van der Waals surface area contributed by atoms with E-state index < -0.39 is 0 Å². The Kier molecular flexibility index (Phi) is 3.73. The summed E-state index contributed by atoms with van der Waals surface area (Å²) < 4.78 is 16.1. The van der Waals surface area contributed by atoms with Crippen LogP contribution in [0.1, 0.15) is 29.9 Å². The molecule has 0 fully saturated rings. The highest BCUT2D eigenvalue weighted by Gasteiger charge is 2.25. The maximum atomic E-state index is 12.3. The first-order valence-electron chi connectivity index (χ1n) is 8.00. The zero-order chi connectivity index (χ0) is 16.5. The van der Waals surface area contributed by atoms with E-state index in [-0.39, 0.29) is 18.5 Å². The average molecular weight is 322 g/mol. The SMILES string of the molecule is COc1cccc(C2=CC(=O)C[C@H](c3ccc4c(c3)OCO4)C2)c1. The monoisotopic (exact) mass is 322 g/mol. The van der Waals surface area contributed by atoms with E-state index in [0.717, 1.165) is 40.4 Å². The Morgan fingerprint density at radius 2 is 1.92 bits per heavy atom. The number of allylic oxidation sites excluding steroid dienone is 2. The lowest BCUT2D eigenvalue weighted by Gasteiger charge is -2.23. The molecule has 1 aliphatic carbocycles. The molecule has 0 spiro atoms. The van der Waals surface area contributed by atoms with Crippen LogP contribution in [0.15, 0.2) is 48.5 Å². The molecule has 0 saturated heterocycles. The van der Waals surface area contributed by atoms with Gasteiger partial charge in [0.25, 0.3) is 0 Å². The largest absolute Gasteiger partial charge is 0.497 e. The van der Waals surface area contributed by atoms with Crippen LogP contribution in [0.3, 0.4) is 0 Å². The van der Waals surface area contributed by atoms with Gasteiger partial charge in [0.1, 0.15) is 5.75 Å². The molecule has 1 atom stereocenters. The predicted octanol–water partition coefficient (Wildman–Crippen LogP) is 3.95. The number of ketones is 1. The van der Waals surface area contributed by atoms with Gasteiger partial charge in [-0.25, -0.2) is 0 Å². The average Bonchev–Trinajstić information content (AvgIpc) is 3.09. The van der Waals surface area contributed by atoms with E-state index in [1.54, 1.807) is 13.2 Å². The van der Waals surface area contributed by atoms with Crippen molar-refractivity contribution in [2.24, 2.45) is 0 Å². The highest BCUT2D eigenvalue weighted by molar-refractivity contribution is 5.99. The first-order chi connectivity index (χ1) is 11.7. The molecule has 0 saturated carbocycles. The molecule has 2 aromatic carbocycles. The molecule has 4 rings (SSSR count). The zero-order valence-electron chi connectivity index (χ0n) is 13.5. The Morgan fingerprint density at radius 3 is 2.79 bits per heavy atom. The molecular formula is C20H18O4. The summed E-state index contributed by atoms with van der Waals surface area (Å²) in [6, 6.07) is 13.8. The molecule has 1 heterocycles. The van der Waals surface area contributed by atoms with E-state index >= 15 is 0 Å². The lowest BCUT2D eigenvalue weighted by Crippen LogP contribution is -2.12. The van der Waals surface area contributed by atoms with E-state index in [4.69, 9.17) is 14.2 Å². The number of hydrogen-bond acceptors (Lipinski definition) is 4. The maximum absolute atomic E-state index is 12.3. The molecule has 0 unspecified atom stereocenters. The van der Waals surface area contributed by atoms with Gasteiger partial charge in [-0.1, -0.05) is 18.2 Å². The van der Waals surface area contributed by atoms with Gasteiger partial charge in [-0.3, -0.25) is 4.79 Å². The minimum atomic E-state index is 0.151. The molecule has 1 aliphatic heterocycles. The summed E-state index contributed by atoms with van der Waals surface area (Å²) in [6.45, 7) is 0.261. The van der Waals surface area contributed by atoms with Crippen LogP contribution < -0.4 is 14.2 Å². The van der Waals surface area contributed by atoms with Gasteiger partial charge < -0.3 is 14.2 Å². The van der Waals surface area contributed by atoms with Crippen LogP contribution in [0.25, 0.3) is 5.57 Å². The van der Waals surface area contributed by atoms with Gasteiger partial charge >= 0.3 is 0 Å². The topological polar surface area (TPSA) is 44.8 Å². The Hall–Kier alpha value is -2.75. The molecule has 2 aromatic rings. The molecular weight excluding hydrogens is 304 g/mol. The fraction of sp³-hybridized carbons (Fsp3) is 0.250. The number of rotatable bonds is 3. The van der Waals surface area contributed by atoms with Gasteiger partial charge in [0, 0.05) is 6.42 Å². The second kappa shape index (κ2) is 6.04. The summed E-state index contributed by atoms with van der Waals surface area (Å²) in [5, 5.41) is 0. The van der Waals surface area contributed by atoms with E-state index in [1.807, 2.05) is 42.5 Å². The van der Waals surface area contributed by atoms with Gasteiger partial charge in [0.05, 0.1) is 7.11 Å². The van der Waals surface area contributed by atoms with E-state index in [0.29, 0.717) is 6.42 Å². The molecule has 0 aromatic heterocycles. The quantitative estimate of drug-likeness (QED) is 0.858. The summed E-state index contributed by atoms with van der Waals surface area (Å²) in [5.41, 5.74) is 3.20. The number of benzene rings is 2. The fourth-order valence-corrected chi connectivity index (χ4v) is 3.32. The van der Waals surface area contributed by atoms with Crippen molar-refractivity contribution in [3.05, 3.63) is 59.7 Å². The van der Waals surface area contributed by atoms with Crippen molar-refractivity contribution in [3.8, 4) is 17.2 Å². The summed E-state index contributed by atoms with van der Waals surface area (Å²) in [4.78, 5) is 12.3. The van der Waals surface area contributed by atoms with Crippen LogP contribution in [-0.2, 0) is 4.79 Å². The number of ether oxygens (including phenoxy) is 3. The minimum Gasteiger partial charge on any atom is -0.497 e. The van der Waals surface area contributed by atoms with Crippen molar-refractivity contribution in [1.82, 2.24) is 0 Å². The van der Waals surface area contributed by atoms with Crippen LogP contribution in [0.4, 0.5) is 0 Å². The lowest BCUT2D eigenvalue weighted by molar-refractivity contribution is -0.115. The molecule has 0 radical (unpaired) electrons. The Bertz CT molecular complexity index is 822. The number of methoxy groups -OCH3 is 1. The van der Waals surface area contributed by atoms with Crippen molar-refractivity contribution in [1.29, 1.82) is 0 Å². The van der Waals surface area contributed by atoms with Crippen molar-refractivity contribution >= 4 is 11.4 Å². The maximum Gasteiger partial charge on any atom is 0.231 e. The smallest absolute Gasteiger partial charge is 0.231 e. The van der Waals surface area contributed by atoms with Crippen molar-refractivity contribution in [2.45, 2.75) is 18.8 Å². The van der Waals surface area contributed by atoms with Crippen molar-refractivity contribution in [2.75, 3.05) is 13.9 Å². The summed E-state index contributed by atoms with van der Waals surface area (Å²) in [6.07, 6.45) is 3.10. The normalized spacial score (nSPS) is 19.1. The van der Waals surface area contributed by atoms with Crippen LogP contribution >= 0.6 is 0 Å². The first-order valence-corrected chi connectivity index (χ1v) is 8.00. The van der Waals surface area contributed by atoms with Gasteiger partial charge in [0.15, 0.2) is 17.3 Å². The molecule has 4 heteroatoms. The third-order valence-corrected chi connectivity index (χ3v) is 4.56. The third kappa shape index (κ3) is 2.75. The molecule has 0 bridgehead atoms. The van der Waals surface area contributed by atoms with Gasteiger partial charge in [-0.05, 0) is 59.4 Å². The molecule has 122 valence electrons. The number of carbonyl (C=O) groups excluding carboxylic acids is 1. The van der Waals surface area contributed by atoms with E-state index in [9.17, 15) is 4.79 Å². The third-order valence-electron chi connectivity index (χ3n) is 4.56. The fourth-order valence-electron chi connectivity index (χ4n) is 3.32. The Labute approximate surface area is 140 Å². The van der Waals surface area contributed by atoms with Crippen molar-refractivity contribution < 1.29 is 19.0 Å². The summed E-state index contributed by atoms with van der Waals surface area (Å²) in [7, 11) is 1.65. The van der Waals surface area contributed by atoms with Crippen LogP contribution in [0, 0.1) is 0 Å². The summed E-state index contributed by atoms with van der Waals surface area (Å²) >= 11 is 0. The van der Waals surface area contributed by atoms with Crippen LogP contribution in [-0.4, -0.2) is 19.7 Å². The zero-order valence-corrected chi connectivity index (χ0v) is 13.5. The van der Waals surface area contributed by atoms with Crippen LogP contribution in [0.2, 0.25) is 0 Å². The van der Waals surface area contributed by atoms with Crippen molar-refractivity contribution in [3.63, 3.8) is 0 Å². The molecule has 0 N–H and O–H groups in total. The standard InChI is InChI=1S/C20H18O4/c1-22-18-4-2-3-13(10-18)15-7-16(9-17(21)8-15)14-5-6-19-20(11-14)24-12-23-19/h2-6,8,10-11,16H,7,9,12H2,1H3/t16-/m1/s1. The number of carbonyl (C=O) groups is 1. The van der Waals surface area contributed by atoms with Gasteiger partial charge in [0.2, 0.25) is 6.79 Å². The second-order valence-corrected chi connectivity index (χ2v) is 6.09. The Balaban J connectivity index is 1.63. The number of fused-ring (bicyclic) bond motifs is 1. The molecule has 4 nitrogen and oxygen atoms in total. The molecule has 2 aliphatic rings. The van der Waals surface area contributed by atoms with Gasteiger partial charge in [-0.15, -0.1) is 0 Å². The van der Waals surface area contributed by atoms with E-state index in [1.165, 1.54) is 0 Å². The molecule has 24 heavy (non-hydrogen) atoms. The lowest BCUT2D eigenvalue weighted by atomic mass is 9.81. The van der Waals surface area contributed by atoms with Crippen LogP contribution in [0.5, 0.6) is 17.2 Å². The summed E-state index contributed by atoms with van der Waals surface area (Å²) in [5.74, 6) is 2.63. The van der Waals surface area contributed by atoms with E-state index in [2.05, 4.69) is 0 Å². The second-order valence-electron chi connectivity index (χ2n) is 6.09. The number of hydrogen-bond donors (Lipinski definition) is 0.